The van der Waals surface area contributed by atoms with Crippen LogP contribution in [0.5, 0.6) is 5.75 Å². The Balaban J connectivity index is 1.25. The zero-order valence-electron chi connectivity index (χ0n) is 17.6. The summed E-state index contributed by atoms with van der Waals surface area (Å²) >= 11 is 0. The molecule has 0 amide bonds. The molecule has 1 aliphatic carbocycles. The van der Waals surface area contributed by atoms with Gasteiger partial charge < -0.3 is 24.7 Å². The molecule has 1 aromatic heterocycles. The van der Waals surface area contributed by atoms with Crippen molar-refractivity contribution < 1.29 is 9.15 Å². The maximum atomic E-state index is 5.84. The minimum absolute atomic E-state index is 0.219. The fourth-order valence-electron chi connectivity index (χ4n) is 4.56. The first-order valence-corrected chi connectivity index (χ1v) is 11.4. The van der Waals surface area contributed by atoms with Crippen molar-refractivity contribution in [1.82, 2.24) is 15.5 Å². The summed E-state index contributed by atoms with van der Waals surface area (Å²) in [5, 5.41) is 7.44. The molecule has 1 unspecified atom stereocenters. The number of fused-ring (bicyclic) bond motifs is 1. The third kappa shape index (κ3) is 4.81. The van der Waals surface area contributed by atoms with Gasteiger partial charge in [-0.3, -0.25) is 4.99 Å². The molecule has 2 fully saturated rings. The van der Waals surface area contributed by atoms with Gasteiger partial charge in [-0.05, 0) is 43.9 Å². The average molecular weight is 409 g/mol. The number of para-hydroxylation sites is 1. The van der Waals surface area contributed by atoms with Crippen LogP contribution in [-0.4, -0.2) is 49.2 Å². The summed E-state index contributed by atoms with van der Waals surface area (Å²) in [6.07, 6.45) is 8.62. The molecule has 1 saturated carbocycles. The highest BCUT2D eigenvalue weighted by molar-refractivity contribution is 5.80. The second-order valence-corrected chi connectivity index (χ2v) is 8.62. The van der Waals surface area contributed by atoms with Crippen LogP contribution in [0.1, 0.15) is 49.5 Å². The van der Waals surface area contributed by atoms with Crippen molar-refractivity contribution in [1.29, 1.82) is 0 Å². The van der Waals surface area contributed by atoms with Crippen LogP contribution in [0.3, 0.4) is 0 Å². The maximum absolute atomic E-state index is 5.84. The summed E-state index contributed by atoms with van der Waals surface area (Å²) in [6, 6.07) is 13.8. The summed E-state index contributed by atoms with van der Waals surface area (Å²) in [5.41, 5.74) is 1.22. The third-order valence-electron chi connectivity index (χ3n) is 6.41. The molecular weight excluding hydrogens is 376 g/mol. The molecule has 0 radical (unpaired) electrons. The first-order chi connectivity index (χ1) is 14.8. The van der Waals surface area contributed by atoms with Crippen LogP contribution in [0, 0.1) is 0 Å². The van der Waals surface area contributed by atoms with Crippen molar-refractivity contribution in [3.05, 3.63) is 54.0 Å². The molecule has 2 aromatic rings. The fraction of sp³-hybridized carbons (Fsp3) is 0.542. The Morgan fingerprint density at radius 2 is 1.87 bits per heavy atom. The number of furan rings is 1. The fourth-order valence-corrected chi connectivity index (χ4v) is 4.56. The van der Waals surface area contributed by atoms with E-state index in [1.54, 1.807) is 6.26 Å². The number of benzene rings is 1. The van der Waals surface area contributed by atoms with Gasteiger partial charge in [0.25, 0.3) is 0 Å². The number of piperidine rings is 1. The lowest BCUT2D eigenvalue weighted by atomic mass is 10.0. The van der Waals surface area contributed by atoms with Crippen molar-refractivity contribution in [2.45, 2.75) is 56.7 Å². The normalized spacial score (nSPS) is 22.9. The van der Waals surface area contributed by atoms with Gasteiger partial charge >= 0.3 is 0 Å². The Hall–Kier alpha value is -2.47. The van der Waals surface area contributed by atoms with Gasteiger partial charge in [0.2, 0.25) is 0 Å². The van der Waals surface area contributed by atoms with Crippen LogP contribution in [-0.2, 0) is 6.42 Å². The Kier molecular flexibility index (Phi) is 5.93. The average Bonchev–Trinajstić information content (AvgIpc) is 3.50. The molecule has 1 aromatic carbocycles. The number of nitrogens with zero attached hydrogens (tertiary/aromatic N) is 2. The van der Waals surface area contributed by atoms with Gasteiger partial charge in [-0.25, -0.2) is 0 Å². The van der Waals surface area contributed by atoms with Gasteiger partial charge in [-0.15, -0.1) is 0 Å². The molecular formula is C24H32N4O2. The van der Waals surface area contributed by atoms with Crippen molar-refractivity contribution in [2.75, 3.05) is 26.2 Å². The monoisotopic (exact) mass is 408 g/mol. The standard InChI is InChI=1S/C24H32N4O2/c1-2-6-23-21(5-1)22(12-17-30-23)27-24(25-13-9-20-4-3-16-29-20)26-18-10-14-28(15-11-18)19-7-8-19/h1-6,16,18-19,22H,7-15,17H2,(H2,25,26,27). The second-order valence-electron chi connectivity index (χ2n) is 8.62. The van der Waals surface area contributed by atoms with E-state index in [4.69, 9.17) is 14.1 Å². The molecule has 2 N–H and O–H groups in total. The van der Waals surface area contributed by atoms with Gasteiger partial charge in [-0.2, -0.15) is 0 Å². The lowest BCUT2D eigenvalue weighted by Gasteiger charge is -2.34. The molecule has 1 saturated heterocycles. The molecule has 0 spiro atoms. The number of hydrogen-bond acceptors (Lipinski definition) is 4. The van der Waals surface area contributed by atoms with Gasteiger partial charge in [0.05, 0.1) is 18.9 Å². The minimum Gasteiger partial charge on any atom is -0.493 e. The Bertz CT molecular complexity index is 839. The smallest absolute Gasteiger partial charge is 0.191 e. The van der Waals surface area contributed by atoms with Gasteiger partial charge in [0, 0.05) is 50.1 Å². The molecule has 1 atom stereocenters. The summed E-state index contributed by atoms with van der Waals surface area (Å²) in [5.74, 6) is 2.87. The molecule has 6 nitrogen and oxygen atoms in total. The first-order valence-electron chi connectivity index (χ1n) is 11.4. The Labute approximate surface area is 178 Å². The highest BCUT2D eigenvalue weighted by Crippen LogP contribution is 2.32. The van der Waals surface area contributed by atoms with Crippen LogP contribution in [0.4, 0.5) is 0 Å². The molecule has 5 rings (SSSR count). The van der Waals surface area contributed by atoms with Crippen molar-refractivity contribution >= 4 is 5.96 Å². The van der Waals surface area contributed by atoms with Crippen LogP contribution in [0.15, 0.2) is 52.1 Å². The van der Waals surface area contributed by atoms with Crippen LogP contribution >= 0.6 is 0 Å². The molecule has 3 heterocycles. The Morgan fingerprint density at radius 1 is 1.00 bits per heavy atom. The highest BCUT2D eigenvalue weighted by atomic mass is 16.5. The quantitative estimate of drug-likeness (QED) is 0.566. The molecule has 30 heavy (non-hydrogen) atoms. The summed E-state index contributed by atoms with van der Waals surface area (Å²) < 4.78 is 11.3. The molecule has 2 aliphatic heterocycles. The van der Waals surface area contributed by atoms with E-state index in [0.717, 1.165) is 43.0 Å². The number of aliphatic imine (C=N–C) groups is 1. The van der Waals surface area contributed by atoms with Crippen molar-refractivity contribution in [3.8, 4) is 5.75 Å². The van der Waals surface area contributed by atoms with Crippen molar-refractivity contribution in [3.63, 3.8) is 0 Å². The highest BCUT2D eigenvalue weighted by Gasteiger charge is 2.32. The predicted molar refractivity (Wildman–Crippen MR) is 118 cm³/mol. The predicted octanol–water partition coefficient (Wildman–Crippen LogP) is 3.51. The van der Waals surface area contributed by atoms with E-state index in [1.807, 2.05) is 18.2 Å². The largest absolute Gasteiger partial charge is 0.493 e. The van der Waals surface area contributed by atoms with E-state index in [1.165, 1.54) is 44.3 Å². The maximum Gasteiger partial charge on any atom is 0.191 e. The van der Waals surface area contributed by atoms with E-state index in [9.17, 15) is 0 Å². The molecule has 0 bridgehead atoms. The summed E-state index contributed by atoms with van der Waals surface area (Å²) in [4.78, 5) is 7.57. The molecule has 3 aliphatic rings. The first kappa shape index (κ1) is 19.5. The van der Waals surface area contributed by atoms with E-state index >= 15 is 0 Å². The van der Waals surface area contributed by atoms with E-state index in [-0.39, 0.29) is 6.04 Å². The zero-order valence-corrected chi connectivity index (χ0v) is 17.6. The summed E-state index contributed by atoms with van der Waals surface area (Å²) in [6.45, 7) is 3.83. The molecule has 6 heteroatoms. The number of nitrogens with one attached hydrogen (secondary N) is 2. The number of rotatable bonds is 6. The number of guanidine groups is 1. The SMILES string of the molecule is c1coc(CCN=C(NC2CCN(C3CC3)CC2)NC2CCOc3ccccc32)c1. The van der Waals surface area contributed by atoms with Gasteiger partial charge in [0.15, 0.2) is 5.96 Å². The van der Waals surface area contributed by atoms with E-state index in [2.05, 4.69) is 33.7 Å². The van der Waals surface area contributed by atoms with Crippen molar-refractivity contribution in [2.24, 2.45) is 4.99 Å². The van der Waals surface area contributed by atoms with E-state index in [0.29, 0.717) is 12.6 Å². The topological polar surface area (TPSA) is 62.0 Å². The lowest BCUT2D eigenvalue weighted by molar-refractivity contribution is 0.197. The minimum atomic E-state index is 0.219. The number of ether oxygens (including phenoxy) is 1. The van der Waals surface area contributed by atoms with Gasteiger partial charge in [-0.1, -0.05) is 18.2 Å². The van der Waals surface area contributed by atoms with Crippen LogP contribution < -0.4 is 15.4 Å². The van der Waals surface area contributed by atoms with E-state index < -0.39 is 0 Å². The van der Waals surface area contributed by atoms with Crippen LogP contribution in [0.2, 0.25) is 0 Å². The number of likely N-dealkylation sites (tertiary alicyclic amines) is 1. The van der Waals surface area contributed by atoms with Crippen LogP contribution in [0.25, 0.3) is 0 Å². The lowest BCUT2D eigenvalue weighted by Crippen LogP contribution is -2.50. The Morgan fingerprint density at radius 3 is 2.67 bits per heavy atom. The van der Waals surface area contributed by atoms with Gasteiger partial charge in [0.1, 0.15) is 11.5 Å². The number of hydrogen-bond donors (Lipinski definition) is 2. The second kappa shape index (κ2) is 9.13. The summed E-state index contributed by atoms with van der Waals surface area (Å²) in [7, 11) is 0. The zero-order chi connectivity index (χ0) is 20.2. The molecule has 160 valence electrons. The third-order valence-corrected chi connectivity index (χ3v) is 6.41.